The molecule has 1 aliphatic heterocycles. The van der Waals surface area contributed by atoms with Gasteiger partial charge in [0.05, 0.1) is 24.0 Å². The summed E-state index contributed by atoms with van der Waals surface area (Å²) in [7, 11) is -5.74. The van der Waals surface area contributed by atoms with Gasteiger partial charge in [0.2, 0.25) is 0 Å². The van der Waals surface area contributed by atoms with Gasteiger partial charge in [-0.05, 0) is 49.4 Å². The summed E-state index contributed by atoms with van der Waals surface area (Å²) in [6.07, 6.45) is -1.80. The van der Waals surface area contributed by atoms with Crippen molar-refractivity contribution in [1.82, 2.24) is 14.3 Å². The number of fused-ring (bicyclic) bond motifs is 1. The summed E-state index contributed by atoms with van der Waals surface area (Å²) in [5.74, 6) is 0.532. The Balaban J connectivity index is 1.84. The van der Waals surface area contributed by atoms with Crippen molar-refractivity contribution < 1.29 is 34.8 Å². The van der Waals surface area contributed by atoms with Crippen LogP contribution in [-0.4, -0.2) is 40.8 Å². The molecular weight excluding hydrogens is 462 g/mol. The molecule has 6 nitrogen and oxygen atoms in total. The molecule has 0 amide bonds. The van der Waals surface area contributed by atoms with Gasteiger partial charge in [0.1, 0.15) is 5.82 Å². The van der Waals surface area contributed by atoms with Crippen molar-refractivity contribution >= 4 is 15.7 Å². The highest BCUT2D eigenvalue weighted by molar-refractivity contribution is 7.89. The van der Waals surface area contributed by atoms with Crippen LogP contribution in [0, 0.1) is 12.8 Å². The normalized spacial score (nSPS) is 20.8. The van der Waals surface area contributed by atoms with Crippen molar-refractivity contribution in [3.8, 4) is 0 Å². The molecule has 1 aromatic heterocycles. The number of H-pyrrole nitrogens is 1. The summed E-state index contributed by atoms with van der Waals surface area (Å²) in [4.78, 5) is 8.81. The molecule has 0 unspecified atom stereocenters. The second-order valence-corrected chi connectivity index (χ2v) is 10.0. The third-order valence-corrected chi connectivity index (χ3v) is 7.29. The summed E-state index contributed by atoms with van der Waals surface area (Å²) in [5.41, 5.74) is -5.85. The highest BCUT2D eigenvalue weighted by Crippen LogP contribution is 2.44. The summed E-state index contributed by atoms with van der Waals surface area (Å²) >= 11 is 0. The van der Waals surface area contributed by atoms with Crippen LogP contribution in [0.2, 0.25) is 0 Å². The standard InChI is InChI=1S/C19H20F6N4O2S/c1-11-26-7-15(27-11)9-29-16-5-4-14(18(20,21)22)6-13(16)8-28(10-17(29)12-2-3-12)32(30,31)19(23,24)25/h4-7,12,17H,2-3,8-10H2,1H3,(H,26,27)/t17-/m1/s1. The third kappa shape index (κ3) is 4.32. The van der Waals surface area contributed by atoms with Gasteiger partial charge >= 0.3 is 21.7 Å². The van der Waals surface area contributed by atoms with E-state index in [0.717, 1.165) is 12.1 Å². The van der Waals surface area contributed by atoms with Gasteiger partial charge in [0.15, 0.2) is 0 Å². The fourth-order valence-corrected chi connectivity index (χ4v) is 5.01. The van der Waals surface area contributed by atoms with Crippen molar-refractivity contribution in [2.24, 2.45) is 5.92 Å². The summed E-state index contributed by atoms with van der Waals surface area (Å²) in [6, 6.07) is 2.17. The average Bonchev–Trinajstić information content (AvgIpc) is 3.44. The lowest BCUT2D eigenvalue weighted by molar-refractivity contribution is -0.137. The number of nitrogens with one attached hydrogen (secondary N) is 1. The fraction of sp³-hybridized carbons (Fsp3) is 0.526. The first-order valence-corrected chi connectivity index (χ1v) is 11.2. The first-order chi connectivity index (χ1) is 14.8. The Labute approximate surface area is 180 Å². The number of benzene rings is 1. The van der Waals surface area contributed by atoms with E-state index >= 15 is 0 Å². The maximum atomic E-state index is 13.3. The van der Waals surface area contributed by atoms with E-state index < -0.39 is 46.4 Å². The Kier molecular flexibility index (Phi) is 5.47. The van der Waals surface area contributed by atoms with Gasteiger partial charge in [-0.25, -0.2) is 13.4 Å². The van der Waals surface area contributed by atoms with Gasteiger partial charge in [0.25, 0.3) is 0 Å². The van der Waals surface area contributed by atoms with Crippen LogP contribution in [0.15, 0.2) is 24.4 Å². The predicted molar refractivity (Wildman–Crippen MR) is 103 cm³/mol. The smallest absolute Gasteiger partial charge is 0.361 e. The summed E-state index contributed by atoms with van der Waals surface area (Å²) in [6.45, 7) is 0.574. The number of alkyl halides is 6. The van der Waals surface area contributed by atoms with E-state index in [9.17, 15) is 34.8 Å². The monoisotopic (exact) mass is 482 g/mol. The van der Waals surface area contributed by atoms with Crippen molar-refractivity contribution in [1.29, 1.82) is 0 Å². The molecule has 0 saturated heterocycles. The number of imidazole rings is 1. The minimum Gasteiger partial charge on any atom is -0.361 e. The van der Waals surface area contributed by atoms with Crippen LogP contribution in [0.5, 0.6) is 0 Å². The third-order valence-electron chi connectivity index (χ3n) is 5.75. The maximum absolute atomic E-state index is 13.3. The number of anilines is 1. The average molecular weight is 482 g/mol. The van der Waals surface area contributed by atoms with E-state index in [1.54, 1.807) is 11.8 Å². The number of aromatic nitrogens is 2. The number of aromatic amines is 1. The number of aryl methyl sites for hydroxylation is 1. The van der Waals surface area contributed by atoms with Crippen LogP contribution in [0.1, 0.15) is 35.5 Å². The minimum atomic E-state index is -5.74. The molecule has 4 rings (SSSR count). The van der Waals surface area contributed by atoms with E-state index in [-0.39, 0.29) is 28.0 Å². The van der Waals surface area contributed by atoms with E-state index in [0.29, 0.717) is 24.4 Å². The van der Waals surface area contributed by atoms with Crippen molar-refractivity contribution in [3.05, 3.63) is 47.0 Å². The number of halogens is 6. The second kappa shape index (κ2) is 7.65. The van der Waals surface area contributed by atoms with Crippen LogP contribution >= 0.6 is 0 Å². The molecule has 1 aliphatic carbocycles. The maximum Gasteiger partial charge on any atom is 0.511 e. The van der Waals surface area contributed by atoms with Crippen LogP contribution in [-0.2, 0) is 29.3 Å². The van der Waals surface area contributed by atoms with E-state index in [1.165, 1.54) is 12.3 Å². The lowest BCUT2D eigenvalue weighted by Crippen LogP contribution is -2.47. The van der Waals surface area contributed by atoms with Gasteiger partial charge in [-0.3, -0.25) is 0 Å². The molecule has 0 radical (unpaired) electrons. The Morgan fingerprint density at radius 2 is 1.84 bits per heavy atom. The SMILES string of the molecule is Cc1ncc(CN2c3ccc(C(F)(F)F)cc3CN(S(=O)(=O)C(F)(F)F)C[C@@H]2C2CC2)[nH]1. The largest absolute Gasteiger partial charge is 0.511 e. The first kappa shape index (κ1) is 22.9. The quantitative estimate of drug-likeness (QED) is 0.664. The first-order valence-electron chi connectivity index (χ1n) is 9.81. The Hall–Kier alpha value is -2.28. The molecule has 2 aliphatic rings. The molecule has 176 valence electrons. The summed E-state index contributed by atoms with van der Waals surface area (Å²) in [5, 5.41) is 0. The highest BCUT2D eigenvalue weighted by Gasteiger charge is 2.52. The molecule has 0 bridgehead atoms. The van der Waals surface area contributed by atoms with E-state index in [1.807, 2.05) is 0 Å². The lowest BCUT2D eigenvalue weighted by atomic mass is 10.0. The van der Waals surface area contributed by atoms with Crippen molar-refractivity contribution in [2.75, 3.05) is 11.4 Å². The minimum absolute atomic E-state index is 0.0711. The predicted octanol–water partition coefficient (Wildman–Crippen LogP) is 4.19. The van der Waals surface area contributed by atoms with Gasteiger partial charge in [-0.2, -0.15) is 30.6 Å². The van der Waals surface area contributed by atoms with E-state index in [4.69, 9.17) is 0 Å². The zero-order valence-corrected chi connectivity index (χ0v) is 17.7. The molecule has 2 heterocycles. The summed E-state index contributed by atoms with van der Waals surface area (Å²) < 4.78 is 105. The number of hydrogen-bond donors (Lipinski definition) is 1. The number of sulfonamides is 1. The molecule has 1 fully saturated rings. The van der Waals surface area contributed by atoms with Gasteiger partial charge in [-0.1, -0.05) is 0 Å². The van der Waals surface area contributed by atoms with Gasteiger partial charge in [-0.15, -0.1) is 0 Å². The fourth-order valence-electron chi connectivity index (χ4n) is 4.06. The molecule has 0 spiro atoms. The molecule has 1 aromatic carbocycles. The molecular formula is C19H20F6N4O2S. The molecule has 13 heteroatoms. The van der Waals surface area contributed by atoms with Crippen molar-refractivity contribution in [2.45, 2.75) is 50.6 Å². The number of nitrogens with zero attached hydrogens (tertiary/aromatic N) is 3. The van der Waals surface area contributed by atoms with Crippen LogP contribution in [0.25, 0.3) is 0 Å². The Bertz CT molecular complexity index is 1110. The molecule has 1 saturated carbocycles. The van der Waals surface area contributed by atoms with E-state index in [2.05, 4.69) is 9.97 Å². The molecule has 1 N–H and O–H groups in total. The zero-order valence-electron chi connectivity index (χ0n) is 16.8. The lowest BCUT2D eigenvalue weighted by Gasteiger charge is -2.34. The number of rotatable bonds is 4. The van der Waals surface area contributed by atoms with Crippen LogP contribution in [0.3, 0.4) is 0 Å². The second-order valence-electron chi connectivity index (χ2n) is 8.11. The van der Waals surface area contributed by atoms with Gasteiger partial charge in [0, 0.05) is 24.8 Å². The molecule has 32 heavy (non-hydrogen) atoms. The van der Waals surface area contributed by atoms with Crippen molar-refractivity contribution in [3.63, 3.8) is 0 Å². The van der Waals surface area contributed by atoms with Gasteiger partial charge < -0.3 is 9.88 Å². The molecule has 2 aromatic rings. The van der Waals surface area contributed by atoms with Crippen LogP contribution < -0.4 is 4.90 Å². The number of hydrogen-bond acceptors (Lipinski definition) is 4. The molecule has 1 atom stereocenters. The topological polar surface area (TPSA) is 69.3 Å². The Morgan fingerprint density at radius 3 is 2.38 bits per heavy atom. The van der Waals surface area contributed by atoms with Crippen LogP contribution in [0.4, 0.5) is 32.0 Å². The Morgan fingerprint density at radius 1 is 1.16 bits per heavy atom. The zero-order chi connectivity index (χ0) is 23.5. The highest BCUT2D eigenvalue weighted by atomic mass is 32.2.